The van der Waals surface area contributed by atoms with Gasteiger partial charge in [-0.25, -0.2) is 23.1 Å². The third-order valence-electron chi connectivity index (χ3n) is 5.08. The van der Waals surface area contributed by atoms with Crippen molar-refractivity contribution in [2.24, 2.45) is 5.11 Å². The summed E-state index contributed by atoms with van der Waals surface area (Å²) in [4.78, 5) is -0.0838. The molecule has 0 saturated carbocycles. The molecule has 3 unspecified atom stereocenters. The zero-order valence-electron chi connectivity index (χ0n) is 17.4. The summed E-state index contributed by atoms with van der Waals surface area (Å²) >= 11 is 6.62. The van der Waals surface area contributed by atoms with E-state index in [1.165, 1.54) is 0 Å². The van der Waals surface area contributed by atoms with Gasteiger partial charge in [-0.3, -0.25) is 0 Å². The second-order valence-electron chi connectivity index (χ2n) is 7.29. The van der Waals surface area contributed by atoms with Crippen molar-refractivity contribution in [2.75, 3.05) is 6.61 Å². The highest BCUT2D eigenvalue weighted by atomic mass is 35.5. The molecule has 1 saturated heterocycles. The number of thioether (sulfide) groups is 1. The molecule has 1 heterocycles. The minimum atomic E-state index is -1.71. The number of aliphatic hydroxyl groups excluding tert-OH is 3. The summed E-state index contributed by atoms with van der Waals surface area (Å²) in [5.41, 5.74) is 5.22. The topological polar surface area (TPSA) is 142 Å². The Morgan fingerprint density at radius 1 is 1.17 bits per heavy atom. The van der Waals surface area contributed by atoms with E-state index in [4.69, 9.17) is 27.1 Å². The number of benzene rings is 2. The van der Waals surface area contributed by atoms with Gasteiger partial charge in [-0.15, -0.1) is 0 Å². The minimum Gasteiger partial charge on any atom is -0.394 e. The van der Waals surface area contributed by atoms with E-state index in [9.17, 15) is 32.9 Å². The molecule has 5 N–H and O–H groups in total. The van der Waals surface area contributed by atoms with Crippen molar-refractivity contribution in [3.8, 4) is 6.07 Å². The van der Waals surface area contributed by atoms with Gasteiger partial charge in [-0.05, 0) is 24.3 Å². The number of nitrogens with one attached hydrogen (secondary N) is 2. The zero-order chi connectivity index (χ0) is 25.9. The van der Waals surface area contributed by atoms with E-state index < -0.39 is 59.7 Å². The molecule has 14 heteroatoms. The summed E-state index contributed by atoms with van der Waals surface area (Å²) in [6, 6.07) is 3.71. The highest BCUT2D eigenvalue weighted by molar-refractivity contribution is 7.99. The van der Waals surface area contributed by atoms with Gasteiger partial charge in [-0.2, -0.15) is 10.4 Å². The highest BCUT2D eigenvalue weighted by Crippen LogP contribution is 2.36. The monoisotopic (exact) mass is 532 g/mol. The molecule has 3 rings (SSSR count). The summed E-state index contributed by atoms with van der Waals surface area (Å²) in [6.45, 7) is -0.687. The summed E-state index contributed by atoms with van der Waals surface area (Å²) in [5.74, 6) is -5.55. The first-order valence-electron chi connectivity index (χ1n) is 9.78. The van der Waals surface area contributed by atoms with Crippen molar-refractivity contribution in [1.82, 2.24) is 5.32 Å². The second-order valence-corrected chi connectivity index (χ2v) is 8.83. The van der Waals surface area contributed by atoms with E-state index >= 15 is 0 Å². The normalized spacial score (nSPS) is 24.7. The maximum absolute atomic E-state index is 14.4. The first kappa shape index (κ1) is 26.9. The van der Waals surface area contributed by atoms with Crippen molar-refractivity contribution in [3.05, 3.63) is 69.9 Å². The molecule has 186 valence electrons. The van der Waals surface area contributed by atoms with Crippen LogP contribution in [-0.4, -0.2) is 51.7 Å². The quantitative estimate of drug-likeness (QED) is 0.209. The van der Waals surface area contributed by atoms with Crippen LogP contribution in [0.15, 0.2) is 40.5 Å². The molecule has 2 aromatic carbocycles. The molecule has 0 radical (unpaired) electrons. The SMILES string of the molecule is N#Cc1cc(F)c(S[C@H]2OC(CO)[C@H](O)C(N/C=C(\N=N)c3cc(F)c(F)c(F)c3)C2O)cc1Cl. The predicted molar refractivity (Wildman–Crippen MR) is 116 cm³/mol. The Labute approximate surface area is 205 Å². The molecular weight excluding hydrogens is 516 g/mol. The number of nitriles is 1. The van der Waals surface area contributed by atoms with Crippen LogP contribution in [0.1, 0.15) is 11.1 Å². The predicted octanol–water partition coefficient (Wildman–Crippen LogP) is 3.29. The highest BCUT2D eigenvalue weighted by Gasteiger charge is 2.44. The number of nitrogens with zero attached hydrogens (tertiary/aromatic N) is 2. The lowest BCUT2D eigenvalue weighted by Gasteiger charge is -2.42. The minimum absolute atomic E-state index is 0.0430. The first-order valence-corrected chi connectivity index (χ1v) is 11.0. The van der Waals surface area contributed by atoms with Crippen molar-refractivity contribution in [3.63, 3.8) is 0 Å². The van der Waals surface area contributed by atoms with Gasteiger partial charge < -0.3 is 25.4 Å². The van der Waals surface area contributed by atoms with Crippen LogP contribution >= 0.6 is 23.4 Å². The van der Waals surface area contributed by atoms with Gasteiger partial charge in [0.15, 0.2) is 17.5 Å². The standard InChI is InChI=1S/C21H17ClF4N4O4S/c22-10-4-16(11(23)3-9(10)5-27)35-21-20(33)18(19(32)15(7-31)34-21)29-6-14(30-28)8-1-12(24)17(26)13(25)2-8/h1-4,6,15,18-21,28-29,31-33H,7H2/b14-6-,30-28?/t15?,18?,19-,20?,21+/m0/s1. The van der Waals surface area contributed by atoms with Crippen molar-refractivity contribution >= 4 is 29.1 Å². The van der Waals surface area contributed by atoms with E-state index in [0.717, 1.165) is 18.3 Å². The summed E-state index contributed by atoms with van der Waals surface area (Å²) < 4.78 is 60.3. The number of aliphatic hydroxyl groups is 3. The Morgan fingerprint density at radius 2 is 1.83 bits per heavy atom. The molecule has 0 aromatic heterocycles. The fraction of sp³-hybridized carbons (Fsp3) is 0.286. The van der Waals surface area contributed by atoms with E-state index in [0.29, 0.717) is 23.9 Å². The van der Waals surface area contributed by atoms with Gasteiger partial charge in [0.05, 0.1) is 23.2 Å². The first-order chi connectivity index (χ1) is 16.6. The van der Waals surface area contributed by atoms with Crippen molar-refractivity contribution < 1.29 is 37.6 Å². The summed E-state index contributed by atoms with van der Waals surface area (Å²) in [6.07, 6.45) is -3.37. The smallest absolute Gasteiger partial charge is 0.194 e. The molecule has 0 spiro atoms. The van der Waals surface area contributed by atoms with E-state index in [-0.39, 0.29) is 26.7 Å². The lowest BCUT2D eigenvalue weighted by atomic mass is 9.97. The van der Waals surface area contributed by atoms with Crippen LogP contribution in [0.4, 0.5) is 17.6 Å². The Morgan fingerprint density at radius 3 is 2.40 bits per heavy atom. The molecular formula is C21H17ClF4N4O4S. The number of rotatable bonds is 7. The Kier molecular flexibility index (Phi) is 8.70. The summed E-state index contributed by atoms with van der Waals surface area (Å²) in [7, 11) is 0. The van der Waals surface area contributed by atoms with Crippen LogP contribution < -0.4 is 5.32 Å². The molecule has 5 atom stereocenters. The van der Waals surface area contributed by atoms with E-state index in [2.05, 4.69) is 10.4 Å². The maximum Gasteiger partial charge on any atom is 0.194 e. The van der Waals surface area contributed by atoms with Crippen LogP contribution in [0.2, 0.25) is 5.02 Å². The average molecular weight is 533 g/mol. The molecule has 1 fully saturated rings. The molecule has 0 aliphatic carbocycles. The third-order valence-corrected chi connectivity index (χ3v) is 6.58. The number of ether oxygens (including phenoxy) is 1. The molecule has 1 aliphatic rings. The number of hydrogen-bond acceptors (Lipinski definition) is 9. The molecule has 0 bridgehead atoms. The van der Waals surface area contributed by atoms with Crippen LogP contribution in [-0.2, 0) is 4.74 Å². The number of hydrogen-bond donors (Lipinski definition) is 5. The van der Waals surface area contributed by atoms with Gasteiger partial charge in [-0.1, -0.05) is 23.4 Å². The Hall–Kier alpha value is -2.73. The molecule has 2 aromatic rings. The van der Waals surface area contributed by atoms with Gasteiger partial charge in [0.25, 0.3) is 0 Å². The lowest BCUT2D eigenvalue weighted by Crippen LogP contribution is -2.62. The fourth-order valence-electron chi connectivity index (χ4n) is 3.27. The maximum atomic E-state index is 14.4. The van der Waals surface area contributed by atoms with Gasteiger partial charge in [0, 0.05) is 16.7 Å². The van der Waals surface area contributed by atoms with Crippen molar-refractivity contribution in [1.29, 1.82) is 10.8 Å². The largest absolute Gasteiger partial charge is 0.394 e. The molecule has 1 aliphatic heterocycles. The van der Waals surface area contributed by atoms with Crippen LogP contribution in [0, 0.1) is 40.1 Å². The van der Waals surface area contributed by atoms with E-state index in [1.54, 1.807) is 6.07 Å². The van der Waals surface area contributed by atoms with Gasteiger partial charge >= 0.3 is 0 Å². The Balaban J connectivity index is 1.88. The molecule has 35 heavy (non-hydrogen) atoms. The second kappa shape index (κ2) is 11.3. The average Bonchev–Trinajstić information content (AvgIpc) is 2.83. The Bertz CT molecular complexity index is 1180. The zero-order valence-corrected chi connectivity index (χ0v) is 19.0. The van der Waals surface area contributed by atoms with Crippen LogP contribution in [0.3, 0.4) is 0 Å². The summed E-state index contributed by atoms with van der Waals surface area (Å²) in [5, 5.41) is 45.5. The number of halogens is 5. The lowest BCUT2D eigenvalue weighted by molar-refractivity contribution is -0.164. The third kappa shape index (κ3) is 5.75. The van der Waals surface area contributed by atoms with Crippen LogP contribution in [0.25, 0.3) is 5.70 Å². The fourth-order valence-corrected chi connectivity index (χ4v) is 4.66. The molecule has 8 nitrogen and oxygen atoms in total. The van der Waals surface area contributed by atoms with Crippen LogP contribution in [0.5, 0.6) is 0 Å². The molecule has 0 amide bonds. The van der Waals surface area contributed by atoms with E-state index in [1.807, 2.05) is 0 Å². The van der Waals surface area contributed by atoms with Crippen molar-refractivity contribution in [2.45, 2.75) is 34.7 Å². The van der Waals surface area contributed by atoms with Gasteiger partial charge in [0.1, 0.15) is 41.3 Å². The van der Waals surface area contributed by atoms with Gasteiger partial charge in [0.2, 0.25) is 0 Å².